The minimum Gasteiger partial charge on any atom is -0.444 e. The maximum absolute atomic E-state index is 14.5. The third-order valence-corrected chi connectivity index (χ3v) is 7.07. The number of carbonyl (C=O) groups is 1. The molecule has 1 aliphatic heterocycles. The second-order valence-electron chi connectivity index (χ2n) is 8.32. The number of anilines is 1. The van der Waals surface area contributed by atoms with Gasteiger partial charge in [0.2, 0.25) is 0 Å². The predicted octanol–water partition coefficient (Wildman–Crippen LogP) is 3.00. The number of aliphatic imine (C=N–C) groups is 1. The molecule has 1 aromatic rings. The standard InChI is InChI=1S/C18H24F3N3O4S/c1-16(2,3)28-15(25)23-14-17(4,5)29(26,27)9-18(24-14,13(20)21)11-8-10(22)6-7-12(11)19/h6-8,13H,9,22H2,1-5H3,(H,23,24,25). The predicted molar refractivity (Wildman–Crippen MR) is 103 cm³/mol. The van der Waals surface area contributed by atoms with E-state index in [0.717, 1.165) is 18.2 Å². The van der Waals surface area contributed by atoms with Crippen LogP contribution in [0, 0.1) is 5.82 Å². The topological polar surface area (TPSA) is 111 Å². The Morgan fingerprint density at radius 3 is 2.41 bits per heavy atom. The average molecular weight is 435 g/mol. The van der Waals surface area contributed by atoms with E-state index in [0.29, 0.717) is 0 Å². The number of ether oxygens (including phenoxy) is 1. The number of nitrogens with zero attached hydrogens (tertiary/aromatic N) is 1. The van der Waals surface area contributed by atoms with E-state index >= 15 is 0 Å². The maximum atomic E-state index is 14.5. The molecule has 0 fully saturated rings. The number of nitrogens with two attached hydrogens (primary N) is 1. The van der Waals surface area contributed by atoms with Crippen molar-refractivity contribution in [3.63, 3.8) is 0 Å². The number of halogens is 3. The normalized spacial score (nSPS) is 23.4. The zero-order valence-corrected chi connectivity index (χ0v) is 17.5. The highest BCUT2D eigenvalue weighted by molar-refractivity contribution is 7.93. The zero-order chi connectivity index (χ0) is 22.4. The number of hydrogen-bond acceptors (Lipinski definition) is 6. The smallest absolute Gasteiger partial charge is 0.413 e. The number of carbonyl (C=O) groups excluding carboxylic acids is 1. The van der Waals surface area contributed by atoms with Gasteiger partial charge in [0.25, 0.3) is 6.43 Å². The fourth-order valence-corrected chi connectivity index (χ4v) is 4.48. The summed E-state index contributed by atoms with van der Waals surface area (Å²) in [6.07, 6.45) is -4.47. The van der Waals surface area contributed by atoms with Crippen molar-refractivity contribution in [2.24, 2.45) is 4.99 Å². The van der Waals surface area contributed by atoms with Crippen molar-refractivity contribution in [1.29, 1.82) is 0 Å². The molecule has 0 saturated heterocycles. The molecule has 0 aromatic heterocycles. The third kappa shape index (κ3) is 4.34. The van der Waals surface area contributed by atoms with E-state index in [4.69, 9.17) is 10.5 Å². The van der Waals surface area contributed by atoms with Gasteiger partial charge in [-0.05, 0) is 52.8 Å². The molecule has 0 radical (unpaired) electrons. The lowest BCUT2D eigenvalue weighted by molar-refractivity contribution is 0.0540. The van der Waals surface area contributed by atoms with E-state index in [2.05, 4.69) is 10.3 Å². The highest BCUT2D eigenvalue weighted by atomic mass is 32.2. The number of rotatable bonds is 2. The molecule has 1 unspecified atom stereocenters. The number of nitrogens with one attached hydrogen (secondary N) is 1. The Labute approximate surface area is 167 Å². The molecule has 1 aliphatic rings. The van der Waals surface area contributed by atoms with E-state index in [1.54, 1.807) is 20.8 Å². The van der Waals surface area contributed by atoms with Crippen LogP contribution in [0.25, 0.3) is 0 Å². The van der Waals surface area contributed by atoms with Crippen molar-refractivity contribution in [3.8, 4) is 0 Å². The summed E-state index contributed by atoms with van der Waals surface area (Å²) in [5.41, 5.74) is 1.18. The fraction of sp³-hybridized carbons (Fsp3) is 0.556. The number of benzene rings is 1. The Hall–Kier alpha value is -2.30. The third-order valence-electron chi connectivity index (χ3n) is 4.51. The number of hydrogen-bond donors (Lipinski definition) is 2. The van der Waals surface area contributed by atoms with Gasteiger partial charge in [0.15, 0.2) is 15.4 Å². The second-order valence-corrected chi connectivity index (χ2v) is 10.9. The quantitative estimate of drug-likeness (QED) is 0.694. The SMILES string of the molecule is CC(C)(C)OC(=O)NC1=NC(c2cc(N)ccc2F)(C(F)F)CS(=O)(=O)C1(C)C. The molecule has 1 atom stereocenters. The van der Waals surface area contributed by atoms with Gasteiger partial charge in [-0.3, -0.25) is 10.3 Å². The molecule has 2 rings (SSSR count). The van der Waals surface area contributed by atoms with E-state index in [9.17, 15) is 26.4 Å². The summed E-state index contributed by atoms with van der Waals surface area (Å²) in [5.74, 6) is -2.82. The van der Waals surface area contributed by atoms with Gasteiger partial charge < -0.3 is 10.5 Å². The summed E-state index contributed by atoms with van der Waals surface area (Å²) in [7, 11) is -4.32. The van der Waals surface area contributed by atoms with Crippen LogP contribution < -0.4 is 11.1 Å². The van der Waals surface area contributed by atoms with Gasteiger partial charge in [0, 0.05) is 11.3 Å². The Morgan fingerprint density at radius 2 is 1.90 bits per heavy atom. The summed E-state index contributed by atoms with van der Waals surface area (Å²) in [6, 6.07) is 2.93. The number of amidine groups is 1. The lowest BCUT2D eigenvalue weighted by atomic mass is 9.91. The minimum absolute atomic E-state index is 0.0412. The van der Waals surface area contributed by atoms with E-state index in [1.165, 1.54) is 13.8 Å². The van der Waals surface area contributed by atoms with Crippen LogP contribution in [-0.4, -0.2) is 42.9 Å². The molecule has 11 heteroatoms. The van der Waals surface area contributed by atoms with E-state index in [1.807, 2.05) is 0 Å². The Bertz CT molecular complexity index is 956. The molecule has 1 heterocycles. The number of amides is 1. The number of alkyl halides is 2. The first-order chi connectivity index (χ1) is 13.0. The molecule has 0 bridgehead atoms. The summed E-state index contributed by atoms with van der Waals surface area (Å²) < 4.78 is 72.0. The molecule has 0 aliphatic carbocycles. The summed E-state index contributed by atoms with van der Waals surface area (Å²) >= 11 is 0. The molecule has 162 valence electrons. The van der Waals surface area contributed by atoms with Gasteiger partial charge in [-0.25, -0.2) is 26.4 Å². The van der Waals surface area contributed by atoms with Gasteiger partial charge in [-0.1, -0.05) is 0 Å². The van der Waals surface area contributed by atoms with Crippen LogP contribution in [0.5, 0.6) is 0 Å². The molecular weight excluding hydrogens is 411 g/mol. The Morgan fingerprint density at radius 1 is 1.31 bits per heavy atom. The maximum Gasteiger partial charge on any atom is 0.413 e. The largest absolute Gasteiger partial charge is 0.444 e. The van der Waals surface area contributed by atoms with Crippen molar-refractivity contribution in [2.45, 2.75) is 56.9 Å². The monoisotopic (exact) mass is 435 g/mol. The first-order valence-corrected chi connectivity index (χ1v) is 10.3. The second kappa shape index (κ2) is 7.19. The lowest BCUT2D eigenvalue weighted by Crippen LogP contribution is -2.60. The van der Waals surface area contributed by atoms with Gasteiger partial charge in [0.1, 0.15) is 22.0 Å². The first kappa shape index (κ1) is 23.0. The Balaban J connectivity index is 2.72. The number of nitrogen functional groups attached to an aromatic ring is 1. The molecule has 0 saturated carbocycles. The highest BCUT2D eigenvalue weighted by Gasteiger charge is 2.57. The van der Waals surface area contributed by atoms with Gasteiger partial charge in [-0.2, -0.15) is 0 Å². The molecule has 3 N–H and O–H groups in total. The fourth-order valence-electron chi connectivity index (χ4n) is 2.80. The van der Waals surface area contributed by atoms with Crippen LogP contribution in [-0.2, 0) is 20.1 Å². The van der Waals surface area contributed by atoms with Crippen LogP contribution in [0.4, 0.5) is 23.7 Å². The van der Waals surface area contributed by atoms with Crippen molar-refractivity contribution >= 4 is 27.5 Å². The zero-order valence-electron chi connectivity index (χ0n) is 16.7. The van der Waals surface area contributed by atoms with Gasteiger partial charge in [0.05, 0.1) is 5.75 Å². The van der Waals surface area contributed by atoms with Crippen LogP contribution in [0.15, 0.2) is 23.2 Å². The average Bonchev–Trinajstić information content (AvgIpc) is 2.52. The summed E-state index contributed by atoms with van der Waals surface area (Å²) in [6.45, 7) is 7.14. The van der Waals surface area contributed by atoms with Crippen LogP contribution in [0.1, 0.15) is 40.2 Å². The molecule has 0 spiro atoms. The number of sulfone groups is 1. The molecule has 1 aromatic carbocycles. The van der Waals surface area contributed by atoms with Gasteiger partial charge in [-0.15, -0.1) is 0 Å². The van der Waals surface area contributed by atoms with E-state index < -0.39 is 61.2 Å². The van der Waals surface area contributed by atoms with E-state index in [-0.39, 0.29) is 5.69 Å². The van der Waals surface area contributed by atoms with Crippen molar-refractivity contribution in [2.75, 3.05) is 11.5 Å². The molecular formula is C18H24F3N3O4S. The molecule has 7 nitrogen and oxygen atoms in total. The first-order valence-electron chi connectivity index (χ1n) is 8.68. The van der Waals surface area contributed by atoms with Crippen molar-refractivity contribution in [1.82, 2.24) is 5.32 Å². The summed E-state index contributed by atoms with van der Waals surface area (Å²) in [4.78, 5) is 16.1. The summed E-state index contributed by atoms with van der Waals surface area (Å²) in [5, 5.41) is 2.16. The van der Waals surface area contributed by atoms with Crippen LogP contribution in [0.3, 0.4) is 0 Å². The van der Waals surface area contributed by atoms with Crippen LogP contribution >= 0.6 is 0 Å². The molecule has 29 heavy (non-hydrogen) atoms. The van der Waals surface area contributed by atoms with Crippen LogP contribution in [0.2, 0.25) is 0 Å². The minimum atomic E-state index is -4.32. The lowest BCUT2D eigenvalue weighted by Gasteiger charge is -2.40. The van der Waals surface area contributed by atoms with Crippen molar-refractivity contribution in [3.05, 3.63) is 29.6 Å². The number of alkyl carbamates (subject to hydrolysis) is 1. The Kier molecular flexibility index (Phi) is 5.70. The molecule has 1 amide bonds. The van der Waals surface area contributed by atoms with Crippen molar-refractivity contribution < 1.29 is 31.1 Å². The van der Waals surface area contributed by atoms with Gasteiger partial charge >= 0.3 is 6.09 Å². The highest BCUT2D eigenvalue weighted by Crippen LogP contribution is 2.43.